The number of carbonyl (C=O) groups excluding carboxylic acids is 2. The Bertz CT molecular complexity index is 556. The molecule has 1 saturated heterocycles. The van der Waals surface area contributed by atoms with Crippen LogP contribution in [0.15, 0.2) is 24.3 Å². The van der Waals surface area contributed by atoms with Gasteiger partial charge in [-0.05, 0) is 37.6 Å². The smallest absolute Gasteiger partial charge is 0.319 e. The number of morpholine rings is 1. The summed E-state index contributed by atoms with van der Waals surface area (Å²) >= 11 is 0. The maximum Gasteiger partial charge on any atom is 0.319 e. The zero-order valence-corrected chi connectivity index (χ0v) is 15.0. The lowest BCUT2D eigenvalue weighted by Gasteiger charge is -2.26. The minimum absolute atomic E-state index is 0.108. The highest BCUT2D eigenvalue weighted by Crippen LogP contribution is 2.09. The molecule has 2 rings (SSSR count). The van der Waals surface area contributed by atoms with Crippen molar-refractivity contribution in [2.75, 3.05) is 44.7 Å². The average Bonchev–Trinajstić information content (AvgIpc) is 2.63. The van der Waals surface area contributed by atoms with E-state index >= 15 is 0 Å². The Morgan fingerprint density at radius 2 is 1.88 bits per heavy atom. The molecule has 25 heavy (non-hydrogen) atoms. The average molecular weight is 348 g/mol. The number of benzene rings is 1. The lowest BCUT2D eigenvalue weighted by molar-refractivity contribution is 0.0383. The van der Waals surface area contributed by atoms with E-state index in [-0.39, 0.29) is 18.0 Å². The minimum Gasteiger partial charge on any atom is -0.379 e. The summed E-state index contributed by atoms with van der Waals surface area (Å²) in [6.07, 6.45) is 0.872. The highest BCUT2D eigenvalue weighted by molar-refractivity contribution is 5.95. The van der Waals surface area contributed by atoms with Crippen molar-refractivity contribution in [3.63, 3.8) is 0 Å². The van der Waals surface area contributed by atoms with Crippen LogP contribution in [0.3, 0.4) is 0 Å². The van der Waals surface area contributed by atoms with E-state index in [0.717, 1.165) is 39.3 Å². The number of ether oxygens (including phenoxy) is 1. The number of carbonyl (C=O) groups is 2. The standard InChI is InChI=1S/C18H28N4O3/c1-3-14(2)20-18(24)21-16-6-4-15(5-7-16)17(23)19-8-9-22-10-12-25-13-11-22/h4-7,14H,3,8-13H2,1-2H3,(H,19,23)(H2,20,21,24). The molecule has 1 heterocycles. The summed E-state index contributed by atoms with van der Waals surface area (Å²) in [4.78, 5) is 26.2. The van der Waals surface area contributed by atoms with E-state index in [2.05, 4.69) is 20.9 Å². The lowest BCUT2D eigenvalue weighted by atomic mass is 10.2. The molecule has 0 radical (unpaired) electrons. The zero-order chi connectivity index (χ0) is 18.1. The second kappa shape index (κ2) is 10.0. The van der Waals surface area contributed by atoms with Crippen LogP contribution in [0.25, 0.3) is 0 Å². The molecule has 1 aromatic carbocycles. The summed E-state index contributed by atoms with van der Waals surface area (Å²) < 4.78 is 5.30. The van der Waals surface area contributed by atoms with Crippen LogP contribution in [0, 0.1) is 0 Å². The minimum atomic E-state index is -0.239. The third-order valence-corrected chi connectivity index (χ3v) is 4.21. The van der Waals surface area contributed by atoms with Gasteiger partial charge >= 0.3 is 6.03 Å². The largest absolute Gasteiger partial charge is 0.379 e. The zero-order valence-electron chi connectivity index (χ0n) is 15.0. The first-order valence-corrected chi connectivity index (χ1v) is 8.84. The van der Waals surface area contributed by atoms with E-state index in [1.807, 2.05) is 13.8 Å². The van der Waals surface area contributed by atoms with Crippen molar-refractivity contribution in [2.45, 2.75) is 26.3 Å². The van der Waals surface area contributed by atoms with E-state index in [1.165, 1.54) is 0 Å². The third kappa shape index (κ3) is 6.72. The van der Waals surface area contributed by atoms with Gasteiger partial charge in [-0.25, -0.2) is 4.79 Å². The molecule has 1 aliphatic rings. The lowest BCUT2D eigenvalue weighted by Crippen LogP contribution is -2.41. The van der Waals surface area contributed by atoms with E-state index in [4.69, 9.17) is 4.74 Å². The molecule has 1 aliphatic heterocycles. The monoisotopic (exact) mass is 348 g/mol. The van der Waals surface area contributed by atoms with Crippen LogP contribution in [0.1, 0.15) is 30.6 Å². The van der Waals surface area contributed by atoms with Gasteiger partial charge in [0.2, 0.25) is 0 Å². The van der Waals surface area contributed by atoms with E-state index in [0.29, 0.717) is 17.8 Å². The summed E-state index contributed by atoms with van der Waals surface area (Å²) in [5, 5.41) is 8.51. The van der Waals surface area contributed by atoms with E-state index in [9.17, 15) is 9.59 Å². The highest BCUT2D eigenvalue weighted by atomic mass is 16.5. The van der Waals surface area contributed by atoms with Crippen molar-refractivity contribution in [1.29, 1.82) is 0 Å². The van der Waals surface area contributed by atoms with Gasteiger partial charge < -0.3 is 20.7 Å². The summed E-state index contributed by atoms with van der Waals surface area (Å²) in [6, 6.07) is 6.76. The topological polar surface area (TPSA) is 82.7 Å². The Morgan fingerprint density at radius 1 is 1.20 bits per heavy atom. The van der Waals surface area contributed by atoms with Crippen molar-refractivity contribution in [3.05, 3.63) is 29.8 Å². The Hall–Kier alpha value is -2.12. The molecule has 138 valence electrons. The first kappa shape index (κ1) is 19.2. The maximum atomic E-state index is 12.2. The first-order chi connectivity index (χ1) is 12.1. The SMILES string of the molecule is CCC(C)NC(=O)Nc1ccc(C(=O)NCCN2CCOCC2)cc1. The van der Waals surface area contributed by atoms with Crippen LogP contribution in [0.2, 0.25) is 0 Å². The van der Waals surface area contributed by atoms with Crippen molar-refractivity contribution in [2.24, 2.45) is 0 Å². The first-order valence-electron chi connectivity index (χ1n) is 8.84. The number of nitrogens with zero attached hydrogens (tertiary/aromatic N) is 1. The molecule has 0 bridgehead atoms. The normalized spacial score (nSPS) is 16.1. The predicted molar refractivity (Wildman–Crippen MR) is 97.9 cm³/mol. The quantitative estimate of drug-likeness (QED) is 0.700. The number of nitrogens with one attached hydrogen (secondary N) is 3. The molecule has 1 atom stereocenters. The van der Waals surface area contributed by atoms with E-state index in [1.54, 1.807) is 24.3 Å². The second-order valence-corrected chi connectivity index (χ2v) is 6.20. The molecule has 0 spiro atoms. The number of urea groups is 1. The van der Waals surface area contributed by atoms with Gasteiger partial charge in [0.1, 0.15) is 0 Å². The summed E-state index contributed by atoms with van der Waals surface area (Å²) in [6.45, 7) is 8.73. The molecule has 1 aromatic rings. The molecule has 0 aliphatic carbocycles. The summed E-state index contributed by atoms with van der Waals surface area (Å²) in [5.74, 6) is -0.108. The molecule has 3 amide bonds. The highest BCUT2D eigenvalue weighted by Gasteiger charge is 2.11. The van der Waals surface area contributed by atoms with Crippen LogP contribution < -0.4 is 16.0 Å². The number of hydrogen-bond donors (Lipinski definition) is 3. The molecule has 7 heteroatoms. The van der Waals surface area contributed by atoms with Crippen molar-refractivity contribution < 1.29 is 14.3 Å². The van der Waals surface area contributed by atoms with Gasteiger partial charge in [-0.2, -0.15) is 0 Å². The molecule has 0 saturated carbocycles. The van der Waals surface area contributed by atoms with Gasteiger partial charge in [-0.1, -0.05) is 6.92 Å². The van der Waals surface area contributed by atoms with Crippen molar-refractivity contribution in [3.8, 4) is 0 Å². The van der Waals surface area contributed by atoms with Crippen LogP contribution in [0.4, 0.5) is 10.5 Å². The number of rotatable bonds is 7. The van der Waals surface area contributed by atoms with Gasteiger partial charge in [0.25, 0.3) is 5.91 Å². The van der Waals surface area contributed by atoms with Gasteiger partial charge in [-0.3, -0.25) is 9.69 Å². The van der Waals surface area contributed by atoms with Crippen molar-refractivity contribution in [1.82, 2.24) is 15.5 Å². The Morgan fingerprint density at radius 3 is 2.52 bits per heavy atom. The number of hydrogen-bond acceptors (Lipinski definition) is 4. The Labute approximate surface area is 149 Å². The van der Waals surface area contributed by atoms with E-state index < -0.39 is 0 Å². The molecular formula is C18H28N4O3. The van der Waals surface area contributed by atoms with Gasteiger partial charge in [0.05, 0.1) is 13.2 Å². The molecule has 3 N–H and O–H groups in total. The fraction of sp³-hybridized carbons (Fsp3) is 0.556. The van der Waals surface area contributed by atoms with Crippen LogP contribution in [-0.2, 0) is 4.74 Å². The second-order valence-electron chi connectivity index (χ2n) is 6.20. The van der Waals surface area contributed by atoms with Crippen LogP contribution in [0.5, 0.6) is 0 Å². The van der Waals surface area contributed by atoms with Crippen molar-refractivity contribution >= 4 is 17.6 Å². The molecule has 1 unspecified atom stereocenters. The van der Waals surface area contributed by atoms with Gasteiger partial charge in [0, 0.05) is 43.5 Å². The molecular weight excluding hydrogens is 320 g/mol. The van der Waals surface area contributed by atoms with Crippen LogP contribution in [-0.4, -0.2) is 62.3 Å². The molecule has 7 nitrogen and oxygen atoms in total. The third-order valence-electron chi connectivity index (χ3n) is 4.21. The summed E-state index contributed by atoms with van der Waals surface area (Å²) in [5.41, 5.74) is 1.24. The van der Waals surface area contributed by atoms with Gasteiger partial charge in [-0.15, -0.1) is 0 Å². The number of anilines is 1. The fourth-order valence-corrected chi connectivity index (χ4v) is 2.45. The van der Waals surface area contributed by atoms with Crippen LogP contribution >= 0.6 is 0 Å². The Kier molecular flexibility index (Phi) is 7.69. The number of amides is 3. The maximum absolute atomic E-state index is 12.2. The summed E-state index contributed by atoms with van der Waals surface area (Å²) in [7, 11) is 0. The van der Waals surface area contributed by atoms with Gasteiger partial charge in [0.15, 0.2) is 0 Å². The fourth-order valence-electron chi connectivity index (χ4n) is 2.45. The Balaban J connectivity index is 1.74. The molecule has 1 fully saturated rings. The predicted octanol–water partition coefficient (Wildman–Crippen LogP) is 1.67. The molecule has 0 aromatic heterocycles.